The summed E-state index contributed by atoms with van der Waals surface area (Å²) in [6.45, 7) is 17.6. The van der Waals surface area contributed by atoms with E-state index in [1.165, 1.54) is 57.8 Å². The highest BCUT2D eigenvalue weighted by molar-refractivity contribution is 7.99. The zero-order valence-corrected chi connectivity index (χ0v) is 27.4. The van der Waals surface area contributed by atoms with E-state index >= 15 is 0 Å². The Morgan fingerprint density at radius 3 is 1.73 bits per heavy atom. The van der Waals surface area contributed by atoms with E-state index in [0.717, 1.165) is 36.1 Å². The van der Waals surface area contributed by atoms with E-state index in [0.29, 0.717) is 29.3 Å². The third-order valence-corrected chi connectivity index (χ3v) is 7.87. The lowest BCUT2D eigenvalue weighted by molar-refractivity contribution is 0.270. The molecule has 0 aliphatic rings. The third kappa shape index (κ3) is 12.2. The molecule has 0 saturated carbocycles. The normalized spacial score (nSPS) is 12.1. The summed E-state index contributed by atoms with van der Waals surface area (Å²) in [6.07, 6.45) is 14.7. The zero-order chi connectivity index (χ0) is 29.6. The van der Waals surface area contributed by atoms with Gasteiger partial charge in [-0.1, -0.05) is 131 Å². The molecule has 0 fully saturated rings. The van der Waals surface area contributed by atoms with Crippen LogP contribution in [-0.4, -0.2) is 32.4 Å². The number of nitrogens with zero attached hydrogens (tertiary/aromatic N) is 3. The molecule has 0 spiro atoms. The second-order valence-electron chi connectivity index (χ2n) is 12.9. The maximum atomic E-state index is 11.1. The molecule has 0 atom stereocenters. The van der Waals surface area contributed by atoms with Crippen molar-refractivity contribution in [3.05, 3.63) is 23.3 Å². The molecule has 0 amide bonds. The molecule has 1 aromatic carbocycles. The predicted octanol–water partition coefficient (Wildman–Crippen LogP) is 10.2. The molecular formula is C33H55N3O3S. The first kappa shape index (κ1) is 34.2. The standard InChI is InChI=1S/C33H55N3O3S/c1-9-11-13-15-17-19-21-38-29-34-30(36-31(35-29)40-22-20-18-16-14-12-10-2)39-25-23-26(32(3,4)5)28(37)27(24-25)33(6,7)8/h23-24,37H,9-22H2,1-8H3. The summed E-state index contributed by atoms with van der Waals surface area (Å²) < 4.78 is 12.2. The topological polar surface area (TPSA) is 77.4 Å². The van der Waals surface area contributed by atoms with Crippen molar-refractivity contribution in [1.82, 2.24) is 15.0 Å². The summed E-state index contributed by atoms with van der Waals surface area (Å²) >= 11 is 1.63. The van der Waals surface area contributed by atoms with Crippen LogP contribution in [0.2, 0.25) is 0 Å². The van der Waals surface area contributed by atoms with Crippen molar-refractivity contribution >= 4 is 11.8 Å². The molecule has 0 saturated heterocycles. The van der Waals surface area contributed by atoms with E-state index in [-0.39, 0.29) is 16.8 Å². The van der Waals surface area contributed by atoms with Gasteiger partial charge in [0.15, 0.2) is 5.16 Å². The van der Waals surface area contributed by atoms with Gasteiger partial charge < -0.3 is 14.6 Å². The van der Waals surface area contributed by atoms with Gasteiger partial charge in [0.2, 0.25) is 0 Å². The van der Waals surface area contributed by atoms with Crippen molar-refractivity contribution in [1.29, 1.82) is 0 Å². The molecule has 7 heteroatoms. The minimum atomic E-state index is -0.258. The first-order valence-electron chi connectivity index (χ1n) is 15.5. The van der Waals surface area contributed by atoms with Crippen molar-refractivity contribution in [3.8, 4) is 23.5 Å². The first-order valence-corrected chi connectivity index (χ1v) is 16.5. The Morgan fingerprint density at radius 1 is 0.675 bits per heavy atom. The second kappa shape index (κ2) is 17.1. The van der Waals surface area contributed by atoms with Gasteiger partial charge in [-0.2, -0.15) is 9.97 Å². The van der Waals surface area contributed by atoms with Crippen molar-refractivity contribution < 1.29 is 14.6 Å². The summed E-state index contributed by atoms with van der Waals surface area (Å²) in [4.78, 5) is 13.7. The van der Waals surface area contributed by atoms with Gasteiger partial charge >= 0.3 is 12.0 Å². The molecule has 2 aromatic rings. The molecule has 2 rings (SSSR count). The van der Waals surface area contributed by atoms with Crippen LogP contribution in [-0.2, 0) is 10.8 Å². The van der Waals surface area contributed by atoms with Gasteiger partial charge in [0.05, 0.1) is 6.61 Å². The van der Waals surface area contributed by atoms with Crippen molar-refractivity contribution in [2.75, 3.05) is 12.4 Å². The average Bonchev–Trinajstić information content (AvgIpc) is 2.87. The van der Waals surface area contributed by atoms with Gasteiger partial charge in [0.1, 0.15) is 11.5 Å². The summed E-state index contributed by atoms with van der Waals surface area (Å²) in [5, 5.41) is 11.7. The fourth-order valence-corrected chi connectivity index (χ4v) is 5.32. The van der Waals surface area contributed by atoms with Gasteiger partial charge in [-0.25, -0.2) is 0 Å². The van der Waals surface area contributed by atoms with Crippen LogP contribution in [0.25, 0.3) is 0 Å². The zero-order valence-electron chi connectivity index (χ0n) is 26.6. The van der Waals surface area contributed by atoms with Crippen LogP contribution in [0.1, 0.15) is 144 Å². The molecule has 0 aliphatic heterocycles. The minimum absolute atomic E-state index is 0.226. The van der Waals surface area contributed by atoms with Crippen LogP contribution in [0, 0.1) is 0 Å². The second-order valence-corrected chi connectivity index (χ2v) is 13.9. The number of aromatic hydroxyl groups is 1. The quantitative estimate of drug-likeness (QED) is 0.140. The SMILES string of the molecule is CCCCCCCCOc1nc(Oc2cc(C(C)(C)C)c(O)c(C(C)(C)C)c2)nc(SCCCCCCCC)n1. The molecule has 0 aliphatic carbocycles. The van der Waals surface area contributed by atoms with Crippen molar-refractivity contribution in [2.24, 2.45) is 0 Å². The fourth-order valence-electron chi connectivity index (χ4n) is 4.50. The van der Waals surface area contributed by atoms with Crippen LogP contribution in [0.3, 0.4) is 0 Å². The van der Waals surface area contributed by atoms with Crippen molar-refractivity contribution in [3.63, 3.8) is 0 Å². The van der Waals surface area contributed by atoms with E-state index in [9.17, 15) is 5.11 Å². The molecule has 1 N–H and O–H groups in total. The Labute approximate surface area is 248 Å². The minimum Gasteiger partial charge on any atom is -0.507 e. The highest BCUT2D eigenvalue weighted by Crippen LogP contribution is 2.42. The molecule has 0 bridgehead atoms. The number of ether oxygens (including phenoxy) is 2. The Kier molecular flexibility index (Phi) is 14.6. The Morgan fingerprint density at radius 2 is 1.18 bits per heavy atom. The number of unbranched alkanes of at least 4 members (excludes halogenated alkanes) is 10. The van der Waals surface area contributed by atoms with E-state index < -0.39 is 0 Å². The molecule has 1 heterocycles. The van der Waals surface area contributed by atoms with Gasteiger partial charge in [0, 0.05) is 16.9 Å². The van der Waals surface area contributed by atoms with Gasteiger partial charge in [0.25, 0.3) is 0 Å². The van der Waals surface area contributed by atoms with E-state index in [1.807, 2.05) is 12.1 Å². The summed E-state index contributed by atoms with van der Waals surface area (Å²) in [5.41, 5.74) is 1.15. The monoisotopic (exact) mass is 573 g/mol. The molecule has 6 nitrogen and oxygen atoms in total. The maximum Gasteiger partial charge on any atom is 0.329 e. The number of hydrogen-bond donors (Lipinski definition) is 1. The largest absolute Gasteiger partial charge is 0.507 e. The number of benzene rings is 1. The number of rotatable bonds is 18. The number of phenolic OH excluding ortho intramolecular Hbond substituents is 1. The van der Waals surface area contributed by atoms with Crippen LogP contribution in [0.4, 0.5) is 0 Å². The molecule has 1 aromatic heterocycles. The molecular weight excluding hydrogens is 518 g/mol. The Bertz CT molecular complexity index is 944. The first-order chi connectivity index (χ1) is 19.0. The third-order valence-electron chi connectivity index (χ3n) is 6.94. The summed E-state index contributed by atoms with van der Waals surface area (Å²) in [7, 11) is 0. The van der Waals surface area contributed by atoms with E-state index in [4.69, 9.17) is 9.47 Å². The summed E-state index contributed by atoms with van der Waals surface area (Å²) in [5.74, 6) is 1.88. The van der Waals surface area contributed by atoms with E-state index in [1.54, 1.807) is 11.8 Å². The van der Waals surface area contributed by atoms with Gasteiger partial charge in [-0.05, 0) is 35.8 Å². The molecule has 0 unspecified atom stereocenters. The van der Waals surface area contributed by atoms with Crippen LogP contribution in [0.5, 0.6) is 23.5 Å². The molecule has 0 radical (unpaired) electrons. The smallest absolute Gasteiger partial charge is 0.329 e. The van der Waals surface area contributed by atoms with Gasteiger partial charge in [-0.3, -0.25) is 0 Å². The molecule has 40 heavy (non-hydrogen) atoms. The average molecular weight is 574 g/mol. The highest BCUT2D eigenvalue weighted by Gasteiger charge is 2.27. The maximum absolute atomic E-state index is 11.1. The number of phenols is 1. The molecule has 226 valence electrons. The summed E-state index contributed by atoms with van der Waals surface area (Å²) in [6, 6.07) is 4.33. The predicted molar refractivity (Wildman–Crippen MR) is 168 cm³/mol. The lowest BCUT2D eigenvalue weighted by Gasteiger charge is -2.27. The lowest BCUT2D eigenvalue weighted by atomic mass is 9.79. The number of aromatic nitrogens is 3. The Hall–Kier alpha value is -2.02. The Balaban J connectivity index is 2.22. The lowest BCUT2D eigenvalue weighted by Crippen LogP contribution is -2.17. The van der Waals surface area contributed by atoms with E-state index in [2.05, 4.69) is 70.3 Å². The number of thioether (sulfide) groups is 1. The highest BCUT2D eigenvalue weighted by atomic mass is 32.2. The van der Waals surface area contributed by atoms with Crippen LogP contribution >= 0.6 is 11.8 Å². The van der Waals surface area contributed by atoms with Crippen LogP contribution in [0.15, 0.2) is 17.3 Å². The van der Waals surface area contributed by atoms with Crippen LogP contribution < -0.4 is 9.47 Å². The van der Waals surface area contributed by atoms with Gasteiger partial charge in [-0.15, -0.1) is 4.98 Å². The van der Waals surface area contributed by atoms with Crippen molar-refractivity contribution in [2.45, 2.75) is 148 Å². The fraction of sp³-hybridized carbons (Fsp3) is 0.727. The number of hydrogen-bond acceptors (Lipinski definition) is 7.